The molecule has 0 bridgehead atoms. The molecule has 0 spiro atoms. The molecule has 0 saturated carbocycles. The molecule has 0 unspecified atom stereocenters. The number of hydrogen-bond acceptors (Lipinski definition) is 4. The van der Waals surface area contributed by atoms with Crippen molar-refractivity contribution in [3.8, 4) is 10.7 Å². The van der Waals surface area contributed by atoms with Gasteiger partial charge in [-0.15, -0.1) is 11.3 Å². The first-order valence-corrected chi connectivity index (χ1v) is 5.34. The molecule has 0 aliphatic rings. The minimum absolute atomic E-state index is 0.0744. The van der Waals surface area contributed by atoms with Gasteiger partial charge >= 0.3 is 5.97 Å². The standard InChI is InChI=1S/C9H6N4O2S/c14-8(15)5-4-10-9-11-7(12-13(5)9)6-2-1-3-16-6/h1-4H,(H,14,15)(H,10,11,12). The van der Waals surface area contributed by atoms with Gasteiger partial charge in [0.2, 0.25) is 0 Å². The third-order valence-electron chi connectivity index (χ3n) is 2.15. The minimum atomic E-state index is -1.03. The van der Waals surface area contributed by atoms with Gasteiger partial charge in [-0.2, -0.15) is 4.98 Å². The fraction of sp³-hybridized carbons (Fsp3) is 0. The number of rotatable bonds is 2. The number of aromatic carboxylic acids is 1. The van der Waals surface area contributed by atoms with Gasteiger partial charge in [0, 0.05) is 0 Å². The van der Waals surface area contributed by atoms with Gasteiger partial charge in [-0.05, 0) is 11.4 Å². The largest absolute Gasteiger partial charge is 0.476 e. The maximum atomic E-state index is 10.9. The van der Waals surface area contributed by atoms with Crippen LogP contribution in [0.1, 0.15) is 10.5 Å². The lowest BCUT2D eigenvalue weighted by molar-refractivity contribution is 0.0688. The quantitative estimate of drug-likeness (QED) is 0.703. The van der Waals surface area contributed by atoms with E-state index in [0.29, 0.717) is 11.6 Å². The number of carboxylic acids is 1. The molecular formula is C9H6N4O2S. The van der Waals surface area contributed by atoms with Gasteiger partial charge < -0.3 is 5.11 Å². The SMILES string of the molecule is O=C(O)c1cnc2nc(-c3cccs3)[nH]n12. The first-order valence-electron chi connectivity index (χ1n) is 4.46. The van der Waals surface area contributed by atoms with Crippen molar-refractivity contribution in [2.75, 3.05) is 0 Å². The van der Waals surface area contributed by atoms with E-state index >= 15 is 0 Å². The number of aromatic nitrogens is 4. The van der Waals surface area contributed by atoms with Crippen molar-refractivity contribution < 1.29 is 9.90 Å². The van der Waals surface area contributed by atoms with Crippen molar-refractivity contribution in [1.82, 2.24) is 19.6 Å². The monoisotopic (exact) mass is 234 g/mol. The lowest BCUT2D eigenvalue weighted by Crippen LogP contribution is -2.01. The number of nitrogens with zero attached hydrogens (tertiary/aromatic N) is 3. The van der Waals surface area contributed by atoms with Crippen molar-refractivity contribution in [3.63, 3.8) is 0 Å². The average Bonchev–Trinajstić information content (AvgIpc) is 2.92. The lowest BCUT2D eigenvalue weighted by Gasteiger charge is -1.90. The van der Waals surface area contributed by atoms with Crippen LogP contribution in [0.25, 0.3) is 16.5 Å². The summed E-state index contributed by atoms with van der Waals surface area (Å²) in [6, 6.07) is 3.81. The molecule has 0 aromatic carbocycles. The Balaban J connectivity index is 2.20. The molecule has 3 heterocycles. The predicted molar refractivity (Wildman–Crippen MR) is 57.6 cm³/mol. The Labute approximate surface area is 93.2 Å². The molecule has 0 saturated heterocycles. The highest BCUT2D eigenvalue weighted by Gasteiger charge is 2.14. The van der Waals surface area contributed by atoms with Crippen molar-refractivity contribution in [2.45, 2.75) is 0 Å². The minimum Gasteiger partial charge on any atom is -0.476 e. The van der Waals surface area contributed by atoms with E-state index in [2.05, 4.69) is 15.1 Å². The van der Waals surface area contributed by atoms with E-state index in [-0.39, 0.29) is 5.69 Å². The van der Waals surface area contributed by atoms with E-state index < -0.39 is 5.97 Å². The van der Waals surface area contributed by atoms with Crippen molar-refractivity contribution >= 4 is 23.1 Å². The Morgan fingerprint density at radius 2 is 2.44 bits per heavy atom. The van der Waals surface area contributed by atoms with E-state index in [1.807, 2.05) is 17.5 Å². The van der Waals surface area contributed by atoms with Crippen LogP contribution in [-0.4, -0.2) is 30.7 Å². The predicted octanol–water partition coefficient (Wildman–Crippen LogP) is 1.48. The van der Waals surface area contributed by atoms with E-state index in [1.165, 1.54) is 22.0 Å². The Morgan fingerprint density at radius 3 is 3.12 bits per heavy atom. The molecule has 0 radical (unpaired) electrons. The van der Waals surface area contributed by atoms with Gasteiger partial charge in [0.1, 0.15) is 0 Å². The molecule has 0 aliphatic heterocycles. The summed E-state index contributed by atoms with van der Waals surface area (Å²) >= 11 is 1.53. The fourth-order valence-electron chi connectivity index (χ4n) is 1.44. The van der Waals surface area contributed by atoms with Crippen LogP contribution in [0, 0.1) is 0 Å². The summed E-state index contributed by atoms with van der Waals surface area (Å²) in [7, 11) is 0. The van der Waals surface area contributed by atoms with Gasteiger partial charge in [-0.1, -0.05) is 6.07 Å². The first-order chi connectivity index (χ1) is 7.75. The molecule has 0 atom stereocenters. The van der Waals surface area contributed by atoms with Crippen LogP contribution in [0.5, 0.6) is 0 Å². The number of aromatic amines is 1. The zero-order valence-electron chi connectivity index (χ0n) is 7.91. The summed E-state index contributed by atoms with van der Waals surface area (Å²) in [5.41, 5.74) is 0.0744. The van der Waals surface area contributed by atoms with Crippen LogP contribution in [-0.2, 0) is 0 Å². The van der Waals surface area contributed by atoms with E-state index in [0.717, 1.165) is 4.88 Å². The molecule has 6 nitrogen and oxygen atoms in total. The summed E-state index contributed by atoms with van der Waals surface area (Å²) in [5.74, 6) is -0.0460. The molecule has 80 valence electrons. The van der Waals surface area contributed by atoms with Crippen LogP contribution in [0.4, 0.5) is 0 Å². The number of thiophene rings is 1. The number of fused-ring (bicyclic) bond motifs is 1. The van der Waals surface area contributed by atoms with Gasteiger partial charge in [-0.25, -0.2) is 14.3 Å². The second kappa shape index (κ2) is 3.17. The van der Waals surface area contributed by atoms with Crippen LogP contribution in [0.2, 0.25) is 0 Å². The van der Waals surface area contributed by atoms with E-state index in [1.54, 1.807) is 0 Å². The normalized spacial score (nSPS) is 11.0. The zero-order chi connectivity index (χ0) is 11.1. The number of carbonyl (C=O) groups is 1. The highest BCUT2D eigenvalue weighted by Crippen LogP contribution is 2.21. The molecule has 3 aromatic heterocycles. The highest BCUT2D eigenvalue weighted by atomic mass is 32.1. The molecule has 0 aliphatic carbocycles. The summed E-state index contributed by atoms with van der Waals surface area (Å²) in [6.45, 7) is 0. The van der Waals surface area contributed by atoms with Crippen LogP contribution in [0.15, 0.2) is 23.7 Å². The van der Waals surface area contributed by atoms with Gasteiger partial charge in [0.15, 0.2) is 11.5 Å². The molecule has 0 fully saturated rings. The van der Waals surface area contributed by atoms with Gasteiger partial charge in [0.05, 0.1) is 11.1 Å². The smallest absolute Gasteiger partial charge is 0.356 e. The Morgan fingerprint density at radius 1 is 1.56 bits per heavy atom. The van der Waals surface area contributed by atoms with Crippen molar-refractivity contribution in [3.05, 3.63) is 29.4 Å². The summed E-state index contributed by atoms with van der Waals surface area (Å²) in [6.07, 6.45) is 1.28. The van der Waals surface area contributed by atoms with Crippen molar-refractivity contribution in [1.29, 1.82) is 0 Å². The second-order valence-corrected chi connectivity index (χ2v) is 4.08. The van der Waals surface area contributed by atoms with Gasteiger partial charge in [-0.3, -0.25) is 5.10 Å². The van der Waals surface area contributed by atoms with Crippen LogP contribution < -0.4 is 0 Å². The highest BCUT2D eigenvalue weighted by molar-refractivity contribution is 7.13. The molecule has 16 heavy (non-hydrogen) atoms. The van der Waals surface area contributed by atoms with E-state index in [4.69, 9.17) is 5.11 Å². The molecule has 7 heteroatoms. The van der Waals surface area contributed by atoms with E-state index in [9.17, 15) is 4.79 Å². The molecule has 3 aromatic rings. The number of carboxylic acid groups (broad SMARTS) is 1. The Bertz CT molecular complexity index is 652. The third kappa shape index (κ3) is 1.22. The second-order valence-electron chi connectivity index (χ2n) is 3.13. The summed E-state index contributed by atoms with van der Waals surface area (Å²) in [5, 5.41) is 13.7. The van der Waals surface area contributed by atoms with Crippen molar-refractivity contribution in [2.24, 2.45) is 0 Å². The zero-order valence-corrected chi connectivity index (χ0v) is 8.73. The number of nitrogens with one attached hydrogen (secondary N) is 1. The number of hydrogen-bond donors (Lipinski definition) is 2. The molecular weight excluding hydrogens is 228 g/mol. The third-order valence-corrected chi connectivity index (χ3v) is 3.02. The molecule has 2 N–H and O–H groups in total. The maximum absolute atomic E-state index is 10.9. The summed E-state index contributed by atoms with van der Waals surface area (Å²) < 4.78 is 1.36. The van der Waals surface area contributed by atoms with Crippen LogP contribution in [0.3, 0.4) is 0 Å². The molecule has 3 rings (SSSR count). The topological polar surface area (TPSA) is 83.3 Å². The Kier molecular flexibility index (Phi) is 1.80. The Hall–Kier alpha value is -2.15. The average molecular weight is 234 g/mol. The first kappa shape index (κ1) is 9.10. The maximum Gasteiger partial charge on any atom is 0.356 e. The lowest BCUT2D eigenvalue weighted by atomic mass is 10.4. The molecule has 0 amide bonds. The summed E-state index contributed by atoms with van der Waals surface area (Å²) in [4.78, 5) is 19.9. The fourth-order valence-corrected chi connectivity index (χ4v) is 2.10. The van der Waals surface area contributed by atoms with Gasteiger partial charge in [0.25, 0.3) is 5.78 Å². The van der Waals surface area contributed by atoms with Crippen LogP contribution >= 0.6 is 11.3 Å². The number of imidazole rings is 1. The number of H-pyrrole nitrogens is 1.